The van der Waals surface area contributed by atoms with E-state index in [0.29, 0.717) is 11.5 Å². The molecule has 1 aliphatic heterocycles. The highest BCUT2D eigenvalue weighted by Crippen LogP contribution is 2.17. The van der Waals surface area contributed by atoms with E-state index >= 15 is 0 Å². The van der Waals surface area contributed by atoms with Crippen LogP contribution in [-0.4, -0.2) is 41.3 Å². The number of anilines is 1. The van der Waals surface area contributed by atoms with E-state index in [0.717, 1.165) is 37.2 Å². The quantitative estimate of drug-likeness (QED) is 0.907. The van der Waals surface area contributed by atoms with Crippen molar-refractivity contribution in [3.63, 3.8) is 0 Å². The summed E-state index contributed by atoms with van der Waals surface area (Å²) in [5.41, 5.74) is 3.08. The first kappa shape index (κ1) is 16.9. The zero-order chi connectivity index (χ0) is 15.9. The van der Waals surface area contributed by atoms with Gasteiger partial charge in [-0.05, 0) is 44.7 Å². The van der Waals surface area contributed by atoms with Crippen LogP contribution in [0.4, 0.5) is 5.69 Å². The van der Waals surface area contributed by atoms with E-state index in [1.165, 1.54) is 23.7 Å². The second-order valence-electron chi connectivity index (χ2n) is 5.80. The zero-order valence-electron chi connectivity index (χ0n) is 13.4. The molecule has 1 aromatic carbocycles. The van der Waals surface area contributed by atoms with Gasteiger partial charge in [-0.25, -0.2) is 0 Å². The van der Waals surface area contributed by atoms with Crippen molar-refractivity contribution >= 4 is 29.3 Å². The maximum absolute atomic E-state index is 12.0. The zero-order valence-corrected chi connectivity index (χ0v) is 14.2. The molecule has 1 aliphatic rings. The number of nitrogens with one attached hydrogen (secondary N) is 1. The van der Waals surface area contributed by atoms with Crippen molar-refractivity contribution in [1.29, 1.82) is 0 Å². The van der Waals surface area contributed by atoms with Crippen LogP contribution in [0.1, 0.15) is 30.4 Å². The summed E-state index contributed by atoms with van der Waals surface area (Å²) in [5.74, 6) is 0.806. The third-order valence-electron chi connectivity index (χ3n) is 3.82. The molecule has 2 rings (SSSR count). The van der Waals surface area contributed by atoms with Crippen LogP contribution in [0, 0.1) is 13.8 Å². The van der Waals surface area contributed by atoms with E-state index in [2.05, 4.69) is 5.32 Å². The van der Waals surface area contributed by atoms with Crippen molar-refractivity contribution in [2.45, 2.75) is 33.1 Å². The summed E-state index contributed by atoms with van der Waals surface area (Å²) in [6, 6.07) is 5.95. The lowest BCUT2D eigenvalue weighted by Crippen LogP contribution is -2.37. The maximum Gasteiger partial charge on any atom is 0.234 e. The largest absolute Gasteiger partial charge is 0.342 e. The van der Waals surface area contributed by atoms with Gasteiger partial charge in [0.25, 0.3) is 0 Å². The Bertz CT molecular complexity index is 539. The van der Waals surface area contributed by atoms with Crippen LogP contribution in [0.3, 0.4) is 0 Å². The standard InChI is InChI=1S/C17H24N2O2S/c1-13-6-7-15(14(2)10-13)18-16(20)11-22-12-17(21)19-8-4-3-5-9-19/h6-7,10H,3-5,8-9,11-12H2,1-2H3,(H,18,20). The van der Waals surface area contributed by atoms with Gasteiger partial charge in [0.15, 0.2) is 0 Å². The van der Waals surface area contributed by atoms with E-state index in [1.54, 1.807) is 0 Å². The van der Waals surface area contributed by atoms with E-state index in [1.807, 2.05) is 36.9 Å². The molecule has 5 heteroatoms. The lowest BCUT2D eigenvalue weighted by Gasteiger charge is -2.26. The van der Waals surface area contributed by atoms with Gasteiger partial charge in [0, 0.05) is 18.8 Å². The van der Waals surface area contributed by atoms with Crippen molar-refractivity contribution in [3.8, 4) is 0 Å². The van der Waals surface area contributed by atoms with Crippen LogP contribution in [0.25, 0.3) is 0 Å². The second-order valence-corrected chi connectivity index (χ2v) is 6.79. The summed E-state index contributed by atoms with van der Waals surface area (Å²) in [5, 5.41) is 2.91. The fraction of sp³-hybridized carbons (Fsp3) is 0.529. The number of hydrogen-bond donors (Lipinski definition) is 1. The molecule has 1 saturated heterocycles. The van der Waals surface area contributed by atoms with Crippen LogP contribution in [0.15, 0.2) is 18.2 Å². The number of thioether (sulfide) groups is 1. The average molecular weight is 320 g/mol. The third-order valence-corrected chi connectivity index (χ3v) is 4.74. The lowest BCUT2D eigenvalue weighted by molar-refractivity contribution is -0.129. The number of benzene rings is 1. The Morgan fingerprint density at radius 3 is 2.55 bits per heavy atom. The van der Waals surface area contributed by atoms with Gasteiger partial charge >= 0.3 is 0 Å². The van der Waals surface area contributed by atoms with Gasteiger partial charge in [-0.3, -0.25) is 9.59 Å². The van der Waals surface area contributed by atoms with Gasteiger partial charge in [0.2, 0.25) is 11.8 Å². The normalized spacial score (nSPS) is 14.7. The predicted octanol–water partition coefficient (Wildman–Crippen LogP) is 2.99. The summed E-state index contributed by atoms with van der Waals surface area (Å²) in [4.78, 5) is 25.9. The molecule has 4 nitrogen and oxygen atoms in total. The molecule has 0 radical (unpaired) electrons. The first-order chi connectivity index (χ1) is 10.6. The second kappa shape index (κ2) is 8.22. The average Bonchev–Trinajstić information content (AvgIpc) is 2.51. The summed E-state index contributed by atoms with van der Waals surface area (Å²) >= 11 is 1.39. The van der Waals surface area contributed by atoms with Crippen molar-refractivity contribution in [2.24, 2.45) is 0 Å². The van der Waals surface area contributed by atoms with Crippen LogP contribution in [-0.2, 0) is 9.59 Å². The molecular formula is C17H24N2O2S. The molecule has 0 unspecified atom stereocenters. The maximum atomic E-state index is 12.0. The van der Waals surface area contributed by atoms with Crippen molar-refractivity contribution in [3.05, 3.63) is 29.3 Å². The number of carbonyl (C=O) groups excluding carboxylic acids is 2. The highest BCUT2D eigenvalue weighted by Gasteiger charge is 2.16. The summed E-state index contributed by atoms with van der Waals surface area (Å²) in [6.07, 6.45) is 3.42. The number of piperidine rings is 1. The molecule has 1 heterocycles. The lowest BCUT2D eigenvalue weighted by atomic mass is 10.1. The molecule has 0 spiro atoms. The van der Waals surface area contributed by atoms with Gasteiger partial charge in [0.05, 0.1) is 11.5 Å². The fourth-order valence-corrected chi connectivity index (χ4v) is 3.32. The molecule has 0 saturated carbocycles. The van der Waals surface area contributed by atoms with E-state index in [4.69, 9.17) is 0 Å². The van der Waals surface area contributed by atoms with Gasteiger partial charge in [-0.1, -0.05) is 17.7 Å². The Labute approximate surface area is 136 Å². The Morgan fingerprint density at radius 2 is 1.86 bits per heavy atom. The molecular weight excluding hydrogens is 296 g/mol. The van der Waals surface area contributed by atoms with Crippen LogP contribution >= 0.6 is 11.8 Å². The van der Waals surface area contributed by atoms with Crippen LogP contribution in [0.2, 0.25) is 0 Å². The number of hydrogen-bond acceptors (Lipinski definition) is 3. The van der Waals surface area contributed by atoms with E-state index in [9.17, 15) is 9.59 Å². The topological polar surface area (TPSA) is 49.4 Å². The third kappa shape index (κ3) is 5.05. The molecule has 0 aromatic heterocycles. The van der Waals surface area contributed by atoms with Crippen LogP contribution < -0.4 is 5.32 Å². The van der Waals surface area contributed by atoms with Gasteiger partial charge in [-0.2, -0.15) is 0 Å². The Balaban J connectivity index is 1.72. The first-order valence-corrected chi connectivity index (χ1v) is 8.94. The summed E-state index contributed by atoms with van der Waals surface area (Å²) < 4.78 is 0. The first-order valence-electron chi connectivity index (χ1n) is 7.79. The molecule has 22 heavy (non-hydrogen) atoms. The van der Waals surface area contributed by atoms with Gasteiger partial charge in [-0.15, -0.1) is 11.8 Å². The number of carbonyl (C=O) groups is 2. The minimum Gasteiger partial charge on any atom is -0.342 e. The van der Waals surface area contributed by atoms with Crippen molar-refractivity contribution in [1.82, 2.24) is 4.90 Å². The summed E-state index contributed by atoms with van der Waals surface area (Å²) in [7, 11) is 0. The minimum atomic E-state index is -0.0524. The monoisotopic (exact) mass is 320 g/mol. The highest BCUT2D eigenvalue weighted by molar-refractivity contribution is 8.00. The number of likely N-dealkylation sites (tertiary alicyclic amines) is 1. The van der Waals surface area contributed by atoms with Crippen LogP contribution in [0.5, 0.6) is 0 Å². The molecule has 120 valence electrons. The van der Waals surface area contributed by atoms with Crippen molar-refractivity contribution in [2.75, 3.05) is 29.9 Å². The number of nitrogens with zero attached hydrogens (tertiary/aromatic N) is 1. The van der Waals surface area contributed by atoms with Gasteiger partial charge < -0.3 is 10.2 Å². The van der Waals surface area contributed by atoms with Gasteiger partial charge in [0.1, 0.15) is 0 Å². The summed E-state index contributed by atoms with van der Waals surface area (Å²) in [6.45, 7) is 5.75. The van der Waals surface area contributed by atoms with E-state index < -0.39 is 0 Å². The Kier molecular flexibility index (Phi) is 6.31. The molecule has 1 aromatic rings. The fourth-order valence-electron chi connectivity index (χ4n) is 2.61. The molecule has 2 amide bonds. The number of amides is 2. The molecule has 1 fully saturated rings. The minimum absolute atomic E-state index is 0.0524. The Morgan fingerprint density at radius 1 is 1.14 bits per heavy atom. The highest BCUT2D eigenvalue weighted by atomic mass is 32.2. The molecule has 0 atom stereocenters. The predicted molar refractivity (Wildman–Crippen MR) is 92.3 cm³/mol. The van der Waals surface area contributed by atoms with E-state index in [-0.39, 0.29) is 11.8 Å². The smallest absolute Gasteiger partial charge is 0.234 e. The number of aryl methyl sites for hydroxylation is 2. The molecule has 0 bridgehead atoms. The molecule has 1 N–H and O–H groups in total. The Hall–Kier alpha value is -1.49. The number of rotatable bonds is 5. The molecule has 0 aliphatic carbocycles. The SMILES string of the molecule is Cc1ccc(NC(=O)CSCC(=O)N2CCCCC2)c(C)c1. The van der Waals surface area contributed by atoms with Crippen molar-refractivity contribution < 1.29 is 9.59 Å².